The number of hydrogen-bond acceptors (Lipinski definition) is 10. The maximum Gasteiger partial charge on any atom is 0.324 e. The second-order valence-electron chi connectivity index (χ2n) is 4.38. The molecule has 0 aliphatic rings. The van der Waals surface area contributed by atoms with Crippen LogP contribution in [0.3, 0.4) is 0 Å². The van der Waals surface area contributed by atoms with Crippen molar-refractivity contribution in [3.63, 3.8) is 0 Å². The molecule has 0 aromatic heterocycles. The van der Waals surface area contributed by atoms with Crippen molar-refractivity contribution < 1.29 is 35.9 Å². The second-order valence-corrected chi connectivity index (χ2v) is 10.2. The summed E-state index contributed by atoms with van der Waals surface area (Å²) < 4.78 is 59.2. The molecule has 150 valence electrons. The summed E-state index contributed by atoms with van der Waals surface area (Å²) in [6, 6.07) is -2.36. The van der Waals surface area contributed by atoms with E-state index in [0.717, 1.165) is 35.8 Å². The molecule has 0 aromatic carbocycles. The van der Waals surface area contributed by atoms with E-state index in [1.54, 1.807) is 0 Å². The first-order valence-corrected chi connectivity index (χ1v) is 12.3. The van der Waals surface area contributed by atoms with Gasteiger partial charge in [-0.15, -0.1) is 0 Å². The van der Waals surface area contributed by atoms with Crippen LogP contribution < -0.4 is 9.44 Å². The highest BCUT2D eigenvalue weighted by molar-refractivity contribution is 8.76. The maximum absolute atomic E-state index is 11.6. The third kappa shape index (κ3) is 9.59. The summed E-state index contributed by atoms with van der Waals surface area (Å²) in [7, 11) is -3.44. The van der Waals surface area contributed by atoms with Gasteiger partial charge in [-0.25, -0.2) is 16.8 Å². The highest BCUT2D eigenvalue weighted by atomic mass is 33.1. The number of hydrogen-bond donors (Lipinski definition) is 2. The van der Waals surface area contributed by atoms with Gasteiger partial charge in [0, 0.05) is 22.3 Å². The molecule has 0 saturated heterocycles. The Hall–Kier alpha value is -1.06. The molecule has 0 heterocycles. The number of carbonyl (C=O) groups excluding carboxylic acids is 2. The molecule has 14 heteroatoms. The molecule has 0 saturated carbocycles. The van der Waals surface area contributed by atoms with E-state index >= 15 is 0 Å². The molecule has 0 spiro atoms. The average molecular weight is 449 g/mol. The normalized spacial score (nSPS) is 14.1. The van der Waals surface area contributed by atoms with Crippen molar-refractivity contribution >= 4 is 53.6 Å². The number of nitrogens with one attached hydrogen (secondary N) is 2. The molecule has 10 nitrogen and oxygen atoms in total. The fourth-order valence-corrected chi connectivity index (χ4v) is 5.16. The number of esters is 2. The van der Waals surface area contributed by atoms with Crippen molar-refractivity contribution in [2.45, 2.75) is 12.1 Å². The average Bonchev–Trinajstić information content (AvgIpc) is 2.61. The lowest BCUT2D eigenvalue weighted by atomic mass is 10.4. The van der Waals surface area contributed by atoms with E-state index in [9.17, 15) is 26.4 Å². The first kappa shape index (κ1) is 24.9. The summed E-state index contributed by atoms with van der Waals surface area (Å²) in [5, 5.41) is 1.30. The number of methoxy groups -OCH3 is 2. The molecular weight excluding hydrogens is 428 g/mol. The Kier molecular flexibility index (Phi) is 11.1. The van der Waals surface area contributed by atoms with Crippen LogP contribution in [-0.2, 0) is 39.1 Å². The highest BCUT2D eigenvalue weighted by Crippen LogP contribution is 2.24. The molecule has 0 aromatic rings. The van der Waals surface area contributed by atoms with Crippen LogP contribution in [-0.4, -0.2) is 66.6 Å². The molecule has 2 N–H and O–H groups in total. The molecule has 26 heavy (non-hydrogen) atoms. The standard InChI is InChI=1S/C12H20N2O8S4/c1-5-25(17,18)13-9(11(15)21-3)7-23-24-8-10(12(16)22-4)14-26(19,20)6-2/h5-6,9-10,13-14H,1-2,7-8H2,3-4H3/t9-,10-/m0/s1. The van der Waals surface area contributed by atoms with Gasteiger partial charge in [0.25, 0.3) is 0 Å². The third-order valence-corrected chi connectivity index (χ3v) is 7.10. The van der Waals surface area contributed by atoms with Crippen molar-refractivity contribution in [3.05, 3.63) is 24.0 Å². The molecular formula is C12H20N2O8S4. The molecule has 0 unspecified atom stereocenters. The van der Waals surface area contributed by atoms with Crippen molar-refractivity contribution in [1.82, 2.24) is 9.44 Å². The molecule has 2 atom stereocenters. The third-order valence-electron chi connectivity index (χ3n) is 2.58. The second kappa shape index (κ2) is 11.6. The van der Waals surface area contributed by atoms with Crippen molar-refractivity contribution in [2.24, 2.45) is 0 Å². The largest absolute Gasteiger partial charge is 0.468 e. The Balaban J connectivity index is 4.81. The summed E-state index contributed by atoms with van der Waals surface area (Å²) in [6.45, 7) is 6.24. The Morgan fingerprint density at radius 2 is 1.19 bits per heavy atom. The zero-order chi connectivity index (χ0) is 20.4. The Bertz CT molecular complexity index is 658. The SMILES string of the molecule is C=CS(=O)(=O)N[C@@H](CSSC[C@H](NS(=O)(=O)C=C)C(=O)OC)C(=O)OC. The van der Waals surface area contributed by atoms with Crippen LogP contribution in [0.15, 0.2) is 24.0 Å². The Labute approximate surface area is 160 Å². The van der Waals surface area contributed by atoms with Gasteiger partial charge in [0.05, 0.1) is 14.2 Å². The Morgan fingerprint density at radius 1 is 0.885 bits per heavy atom. The molecule has 0 aliphatic carbocycles. The van der Waals surface area contributed by atoms with Gasteiger partial charge in [-0.2, -0.15) is 9.44 Å². The van der Waals surface area contributed by atoms with Crippen LogP contribution in [0.2, 0.25) is 0 Å². The number of sulfonamides is 2. The van der Waals surface area contributed by atoms with Crippen LogP contribution >= 0.6 is 21.6 Å². The van der Waals surface area contributed by atoms with Gasteiger partial charge in [-0.05, 0) is 0 Å². The fourth-order valence-electron chi connectivity index (χ4n) is 1.31. The van der Waals surface area contributed by atoms with Gasteiger partial charge in [0.1, 0.15) is 12.1 Å². The topological polar surface area (TPSA) is 145 Å². The van der Waals surface area contributed by atoms with E-state index in [4.69, 9.17) is 0 Å². The van der Waals surface area contributed by atoms with Crippen LogP contribution in [0.5, 0.6) is 0 Å². The molecule has 0 rings (SSSR count). The summed E-state index contributed by atoms with van der Waals surface area (Å²) >= 11 is 0. The van der Waals surface area contributed by atoms with Crippen molar-refractivity contribution in [3.8, 4) is 0 Å². The fraction of sp³-hybridized carbons (Fsp3) is 0.500. The van der Waals surface area contributed by atoms with Crippen LogP contribution in [0, 0.1) is 0 Å². The Morgan fingerprint density at radius 3 is 1.42 bits per heavy atom. The van der Waals surface area contributed by atoms with Crippen molar-refractivity contribution in [1.29, 1.82) is 0 Å². The summed E-state index contributed by atoms with van der Waals surface area (Å²) in [5.74, 6) is -1.68. The summed E-state index contributed by atoms with van der Waals surface area (Å²) in [4.78, 5) is 23.3. The van der Waals surface area contributed by atoms with Gasteiger partial charge < -0.3 is 9.47 Å². The quantitative estimate of drug-likeness (QED) is 0.216. The number of carbonyl (C=O) groups is 2. The zero-order valence-corrected chi connectivity index (χ0v) is 17.3. The summed E-state index contributed by atoms with van der Waals surface area (Å²) in [6.07, 6.45) is 0. The first-order valence-electron chi connectivity index (χ1n) is 6.71. The molecule has 0 bridgehead atoms. The van der Waals surface area contributed by atoms with E-state index in [1.807, 2.05) is 0 Å². The molecule has 0 aliphatic heterocycles. The summed E-state index contributed by atoms with van der Waals surface area (Å²) in [5.41, 5.74) is 0. The van der Waals surface area contributed by atoms with E-state index in [0.29, 0.717) is 10.8 Å². The van der Waals surface area contributed by atoms with E-state index in [2.05, 4.69) is 32.1 Å². The minimum Gasteiger partial charge on any atom is -0.468 e. The van der Waals surface area contributed by atoms with E-state index in [1.165, 1.54) is 0 Å². The molecule has 0 fully saturated rings. The van der Waals surface area contributed by atoms with Crippen LogP contribution in [0.4, 0.5) is 0 Å². The van der Waals surface area contributed by atoms with E-state index < -0.39 is 44.1 Å². The lowest BCUT2D eigenvalue weighted by Crippen LogP contribution is -2.43. The van der Waals surface area contributed by atoms with Gasteiger partial charge in [-0.1, -0.05) is 34.7 Å². The zero-order valence-electron chi connectivity index (χ0n) is 14.0. The number of ether oxygens (including phenoxy) is 2. The lowest BCUT2D eigenvalue weighted by Gasteiger charge is -2.16. The monoisotopic (exact) mass is 448 g/mol. The van der Waals surface area contributed by atoms with E-state index in [-0.39, 0.29) is 11.5 Å². The first-order chi connectivity index (χ1) is 12.0. The number of rotatable bonds is 13. The predicted octanol–water partition coefficient (Wildman–Crippen LogP) is -0.423. The van der Waals surface area contributed by atoms with Gasteiger partial charge >= 0.3 is 11.9 Å². The predicted molar refractivity (Wildman–Crippen MR) is 101 cm³/mol. The van der Waals surface area contributed by atoms with Crippen LogP contribution in [0.1, 0.15) is 0 Å². The molecule has 0 radical (unpaired) electrons. The van der Waals surface area contributed by atoms with Crippen LogP contribution in [0.25, 0.3) is 0 Å². The minimum atomic E-state index is -3.86. The van der Waals surface area contributed by atoms with Gasteiger partial charge in [0.15, 0.2) is 0 Å². The van der Waals surface area contributed by atoms with Crippen molar-refractivity contribution in [2.75, 3.05) is 25.7 Å². The lowest BCUT2D eigenvalue weighted by molar-refractivity contribution is -0.142. The maximum atomic E-state index is 11.6. The van der Waals surface area contributed by atoms with Gasteiger partial charge in [-0.3, -0.25) is 9.59 Å². The molecule has 0 amide bonds. The van der Waals surface area contributed by atoms with Gasteiger partial charge in [0.2, 0.25) is 20.0 Å². The highest BCUT2D eigenvalue weighted by Gasteiger charge is 2.26. The minimum absolute atomic E-state index is 0.0352. The smallest absolute Gasteiger partial charge is 0.324 e.